The number of hydrogen-bond acceptors (Lipinski definition) is 0. The molecule has 1 aromatic rings. The van der Waals surface area contributed by atoms with Crippen molar-refractivity contribution in [2.45, 2.75) is 51.4 Å². The summed E-state index contributed by atoms with van der Waals surface area (Å²) in [4.78, 5) is 0. The molecule has 0 nitrogen and oxygen atoms in total. The van der Waals surface area contributed by atoms with Crippen molar-refractivity contribution in [1.29, 1.82) is 0 Å². The van der Waals surface area contributed by atoms with E-state index in [0.717, 1.165) is 28.7 Å². The van der Waals surface area contributed by atoms with Crippen LogP contribution in [-0.4, -0.2) is 0 Å². The first-order valence-electron chi connectivity index (χ1n) is 8.14. The summed E-state index contributed by atoms with van der Waals surface area (Å²) in [6.07, 6.45) is 13.1. The van der Waals surface area contributed by atoms with Gasteiger partial charge in [-0.2, -0.15) is 0 Å². The van der Waals surface area contributed by atoms with Gasteiger partial charge in [0, 0.05) is 5.02 Å². The summed E-state index contributed by atoms with van der Waals surface area (Å²) in [5.74, 6) is 3.57. The highest BCUT2D eigenvalue weighted by Gasteiger charge is 2.35. The lowest BCUT2D eigenvalue weighted by Gasteiger charge is -2.41. The van der Waals surface area contributed by atoms with Crippen LogP contribution in [0.5, 0.6) is 0 Å². The van der Waals surface area contributed by atoms with Gasteiger partial charge in [0.2, 0.25) is 0 Å². The van der Waals surface area contributed by atoms with E-state index in [1.54, 1.807) is 0 Å². The van der Waals surface area contributed by atoms with Gasteiger partial charge in [0.25, 0.3) is 0 Å². The van der Waals surface area contributed by atoms with Crippen LogP contribution in [-0.2, 0) is 0 Å². The average Bonchev–Trinajstić information content (AvgIpc) is 2.48. The highest BCUT2D eigenvalue weighted by atomic mass is 35.5. The lowest BCUT2D eigenvalue weighted by atomic mass is 9.64. The lowest BCUT2D eigenvalue weighted by molar-refractivity contribution is 0.133. The fourth-order valence-electron chi connectivity index (χ4n) is 4.41. The molecule has 2 fully saturated rings. The van der Waals surface area contributed by atoms with E-state index in [1.807, 2.05) is 12.1 Å². The molecule has 2 saturated carbocycles. The van der Waals surface area contributed by atoms with Crippen LogP contribution in [0.2, 0.25) is 5.02 Å². The van der Waals surface area contributed by atoms with Gasteiger partial charge >= 0.3 is 0 Å². The zero-order valence-corrected chi connectivity index (χ0v) is 13.2. The Bertz CT molecular complexity index is 459. The monoisotopic (exact) mass is 288 g/mol. The van der Waals surface area contributed by atoms with Crippen LogP contribution >= 0.6 is 11.6 Å². The van der Waals surface area contributed by atoms with Crippen LogP contribution in [0, 0.1) is 17.8 Å². The fourth-order valence-corrected chi connectivity index (χ4v) is 4.54. The van der Waals surface area contributed by atoms with Crippen molar-refractivity contribution in [3.05, 3.63) is 47.0 Å². The molecule has 0 aliphatic heterocycles. The Morgan fingerprint density at radius 1 is 0.950 bits per heavy atom. The first kappa shape index (κ1) is 14.2. The molecule has 108 valence electrons. The molecule has 0 spiro atoms. The number of benzene rings is 1. The maximum absolute atomic E-state index is 6.00. The van der Waals surface area contributed by atoms with Gasteiger partial charge in [-0.25, -0.2) is 0 Å². The van der Waals surface area contributed by atoms with Crippen LogP contribution in [0.4, 0.5) is 0 Å². The summed E-state index contributed by atoms with van der Waals surface area (Å²) in [6, 6.07) is 8.56. The molecule has 0 radical (unpaired) electrons. The molecule has 0 amide bonds. The summed E-state index contributed by atoms with van der Waals surface area (Å²) in [5, 5.41) is 0.856. The van der Waals surface area contributed by atoms with E-state index >= 15 is 0 Å². The van der Waals surface area contributed by atoms with Crippen molar-refractivity contribution >= 4 is 11.6 Å². The standard InChI is InChI=1S/C19H25Cl/c1-2-3-14-4-5-18-13-17(7-6-16(18)12-14)15-8-10-19(20)11-9-15/h2-3,8-11,14,16-18H,4-7,12-13H2,1H3/t14-,16-,17?,18-/m1/s1. The topological polar surface area (TPSA) is 0 Å². The third-order valence-corrected chi connectivity index (χ3v) is 5.71. The third-order valence-electron chi connectivity index (χ3n) is 5.46. The van der Waals surface area contributed by atoms with Gasteiger partial charge in [0.1, 0.15) is 0 Å². The van der Waals surface area contributed by atoms with Gasteiger partial charge in [-0.05, 0) is 86.8 Å². The van der Waals surface area contributed by atoms with Crippen LogP contribution in [0.1, 0.15) is 56.9 Å². The summed E-state index contributed by atoms with van der Waals surface area (Å²) >= 11 is 6.00. The van der Waals surface area contributed by atoms with E-state index in [9.17, 15) is 0 Å². The van der Waals surface area contributed by atoms with Crippen LogP contribution < -0.4 is 0 Å². The fraction of sp³-hybridized carbons (Fsp3) is 0.579. The van der Waals surface area contributed by atoms with Crippen molar-refractivity contribution in [1.82, 2.24) is 0 Å². The van der Waals surface area contributed by atoms with Crippen LogP contribution in [0.3, 0.4) is 0 Å². The molecule has 1 heteroatoms. The molecule has 0 N–H and O–H groups in total. The number of halogens is 1. The molecule has 0 aromatic heterocycles. The highest BCUT2D eigenvalue weighted by Crippen LogP contribution is 2.47. The van der Waals surface area contributed by atoms with Gasteiger partial charge in [0.05, 0.1) is 0 Å². The Hall–Kier alpha value is -0.750. The Morgan fingerprint density at radius 2 is 1.65 bits per heavy atom. The number of rotatable bonds is 2. The molecule has 4 atom stereocenters. The summed E-state index contributed by atoms with van der Waals surface area (Å²) < 4.78 is 0. The highest BCUT2D eigenvalue weighted by molar-refractivity contribution is 6.30. The molecule has 2 aliphatic rings. The van der Waals surface area contributed by atoms with Crippen LogP contribution in [0.15, 0.2) is 36.4 Å². The van der Waals surface area contributed by atoms with Gasteiger partial charge in [-0.1, -0.05) is 35.9 Å². The molecular formula is C19H25Cl. The minimum absolute atomic E-state index is 0.770. The second-order valence-electron chi connectivity index (χ2n) is 6.68. The molecule has 0 heterocycles. The average molecular weight is 289 g/mol. The summed E-state index contributed by atoms with van der Waals surface area (Å²) in [7, 11) is 0. The number of hydrogen-bond donors (Lipinski definition) is 0. The molecule has 1 aromatic carbocycles. The second-order valence-corrected chi connectivity index (χ2v) is 7.12. The van der Waals surface area contributed by atoms with E-state index < -0.39 is 0 Å². The van der Waals surface area contributed by atoms with E-state index in [-0.39, 0.29) is 0 Å². The van der Waals surface area contributed by atoms with E-state index in [1.165, 1.54) is 44.1 Å². The van der Waals surface area contributed by atoms with Gasteiger partial charge in [-0.3, -0.25) is 0 Å². The van der Waals surface area contributed by atoms with Gasteiger partial charge in [-0.15, -0.1) is 0 Å². The maximum Gasteiger partial charge on any atom is 0.0406 e. The molecule has 2 aliphatic carbocycles. The van der Waals surface area contributed by atoms with E-state index in [0.29, 0.717) is 0 Å². The smallest absolute Gasteiger partial charge is 0.0406 e. The SMILES string of the molecule is CC=C[C@@H]1CC[C@@H]2CC(c3ccc(Cl)cc3)CC[C@@H]2C1. The van der Waals surface area contributed by atoms with Crippen molar-refractivity contribution in [3.8, 4) is 0 Å². The quantitative estimate of drug-likeness (QED) is 0.567. The molecular weight excluding hydrogens is 264 g/mol. The Kier molecular flexibility index (Phi) is 4.51. The summed E-state index contributed by atoms with van der Waals surface area (Å²) in [5.41, 5.74) is 1.50. The molecule has 20 heavy (non-hydrogen) atoms. The number of allylic oxidation sites excluding steroid dienone is 2. The third kappa shape index (κ3) is 3.11. The second kappa shape index (κ2) is 6.35. The van der Waals surface area contributed by atoms with Crippen molar-refractivity contribution in [2.24, 2.45) is 17.8 Å². The number of fused-ring (bicyclic) bond motifs is 1. The minimum Gasteiger partial charge on any atom is -0.0914 e. The maximum atomic E-state index is 6.00. The van der Waals surface area contributed by atoms with E-state index in [4.69, 9.17) is 11.6 Å². The lowest BCUT2D eigenvalue weighted by Crippen LogP contribution is -2.29. The zero-order chi connectivity index (χ0) is 13.9. The van der Waals surface area contributed by atoms with Crippen LogP contribution in [0.25, 0.3) is 0 Å². The largest absolute Gasteiger partial charge is 0.0914 e. The first-order chi connectivity index (χ1) is 9.76. The molecule has 1 unspecified atom stereocenters. The van der Waals surface area contributed by atoms with Crippen molar-refractivity contribution < 1.29 is 0 Å². The Morgan fingerprint density at radius 3 is 2.40 bits per heavy atom. The van der Waals surface area contributed by atoms with E-state index in [2.05, 4.69) is 31.2 Å². The molecule has 3 rings (SSSR count). The molecule has 0 bridgehead atoms. The van der Waals surface area contributed by atoms with Crippen molar-refractivity contribution in [2.75, 3.05) is 0 Å². The Balaban J connectivity index is 1.64. The van der Waals surface area contributed by atoms with Gasteiger partial charge in [0.15, 0.2) is 0 Å². The Labute approximate surface area is 128 Å². The first-order valence-corrected chi connectivity index (χ1v) is 8.52. The summed E-state index contributed by atoms with van der Waals surface area (Å²) in [6.45, 7) is 2.16. The zero-order valence-electron chi connectivity index (χ0n) is 12.4. The molecule has 0 saturated heterocycles. The van der Waals surface area contributed by atoms with Gasteiger partial charge < -0.3 is 0 Å². The minimum atomic E-state index is 0.770. The normalized spacial score (nSPS) is 34.1. The van der Waals surface area contributed by atoms with Crippen molar-refractivity contribution in [3.63, 3.8) is 0 Å². The predicted molar refractivity (Wildman–Crippen MR) is 87.2 cm³/mol. The predicted octanol–water partition coefficient (Wildman–Crippen LogP) is 6.22.